The maximum atomic E-state index is 11.3. The molecule has 112 valence electrons. The van der Waals surface area contributed by atoms with E-state index >= 15 is 0 Å². The average Bonchev–Trinajstić information content (AvgIpc) is 2.46. The van der Waals surface area contributed by atoms with Gasteiger partial charge in [0.2, 0.25) is 5.91 Å². The van der Waals surface area contributed by atoms with Crippen LogP contribution < -0.4 is 15.5 Å². The molecule has 1 aromatic carbocycles. The summed E-state index contributed by atoms with van der Waals surface area (Å²) in [6.45, 7) is 4.77. The first-order valence-corrected chi connectivity index (χ1v) is 7.78. The molecule has 2 N–H and O–H groups in total. The molecule has 0 atom stereocenters. The average molecular weight is 342 g/mol. The van der Waals surface area contributed by atoms with Crippen molar-refractivity contribution in [2.45, 2.75) is 26.3 Å². The molecule has 1 amide bonds. The third kappa shape index (κ3) is 5.51. The van der Waals surface area contributed by atoms with Crippen molar-refractivity contribution in [3.63, 3.8) is 0 Å². The smallest absolute Gasteiger partial charge is 0.221 e. The summed E-state index contributed by atoms with van der Waals surface area (Å²) in [5, 5.41) is 6.03. The first-order valence-electron chi connectivity index (χ1n) is 6.99. The molecule has 4 nitrogen and oxygen atoms in total. The van der Waals surface area contributed by atoms with Crippen LogP contribution in [-0.2, 0) is 11.3 Å². The van der Waals surface area contributed by atoms with Crippen LogP contribution in [0.25, 0.3) is 0 Å². The molecule has 0 bridgehead atoms. The van der Waals surface area contributed by atoms with Gasteiger partial charge in [0.05, 0.1) is 0 Å². The van der Waals surface area contributed by atoms with Gasteiger partial charge in [-0.05, 0) is 30.7 Å². The van der Waals surface area contributed by atoms with Crippen molar-refractivity contribution in [1.82, 2.24) is 10.6 Å². The molecule has 0 aromatic heterocycles. The Hall–Kier alpha value is -1.07. The molecule has 0 spiro atoms. The summed E-state index contributed by atoms with van der Waals surface area (Å²) in [5.41, 5.74) is 2.36. The Balaban J connectivity index is 2.59. The number of nitrogens with zero attached hydrogens (tertiary/aromatic N) is 1. The van der Waals surface area contributed by atoms with Crippen LogP contribution in [0.5, 0.6) is 0 Å². The molecule has 1 aromatic rings. The van der Waals surface area contributed by atoms with Crippen molar-refractivity contribution in [2.75, 3.05) is 32.1 Å². The number of nitrogens with one attached hydrogen (secondary N) is 2. The second kappa shape index (κ2) is 8.97. The standard InChI is InChI=1S/C15H24BrN3O/c1-4-8-18-11-12-5-6-13(10-14(12)16)19(3)9-7-15(20)17-2/h5-6,10,18H,4,7-9,11H2,1-3H3,(H,17,20). The van der Waals surface area contributed by atoms with E-state index in [0.29, 0.717) is 13.0 Å². The number of carbonyl (C=O) groups is 1. The predicted octanol–water partition coefficient (Wildman–Crippen LogP) is 2.52. The minimum absolute atomic E-state index is 0.0660. The van der Waals surface area contributed by atoms with Crippen LogP contribution in [-0.4, -0.2) is 33.1 Å². The van der Waals surface area contributed by atoms with Gasteiger partial charge in [-0.15, -0.1) is 0 Å². The van der Waals surface area contributed by atoms with E-state index in [1.165, 1.54) is 5.56 Å². The van der Waals surface area contributed by atoms with Gasteiger partial charge in [0.25, 0.3) is 0 Å². The van der Waals surface area contributed by atoms with Gasteiger partial charge in [-0.1, -0.05) is 28.9 Å². The zero-order chi connectivity index (χ0) is 15.0. The third-order valence-electron chi connectivity index (χ3n) is 3.17. The third-order valence-corrected chi connectivity index (χ3v) is 3.91. The monoisotopic (exact) mass is 341 g/mol. The van der Waals surface area contributed by atoms with Gasteiger partial charge in [0.1, 0.15) is 0 Å². The summed E-state index contributed by atoms with van der Waals surface area (Å²) in [4.78, 5) is 13.3. The molecule has 1 rings (SSSR count). The lowest BCUT2D eigenvalue weighted by molar-refractivity contribution is -0.120. The van der Waals surface area contributed by atoms with Crippen molar-refractivity contribution in [2.24, 2.45) is 0 Å². The Labute approximate surface area is 130 Å². The lowest BCUT2D eigenvalue weighted by Gasteiger charge is -2.20. The predicted molar refractivity (Wildman–Crippen MR) is 88.1 cm³/mol. The van der Waals surface area contributed by atoms with E-state index in [4.69, 9.17) is 0 Å². The van der Waals surface area contributed by atoms with Gasteiger partial charge in [-0.25, -0.2) is 0 Å². The van der Waals surface area contributed by atoms with Crippen LogP contribution >= 0.6 is 15.9 Å². The van der Waals surface area contributed by atoms with Gasteiger partial charge in [0.15, 0.2) is 0 Å². The first-order chi connectivity index (χ1) is 9.58. The summed E-state index contributed by atoms with van der Waals surface area (Å²) in [6.07, 6.45) is 1.64. The second-order valence-corrected chi connectivity index (χ2v) is 5.65. The fourth-order valence-electron chi connectivity index (χ4n) is 1.84. The van der Waals surface area contributed by atoms with E-state index in [1.54, 1.807) is 7.05 Å². The molecule has 0 heterocycles. The molecule has 0 unspecified atom stereocenters. The Morgan fingerprint density at radius 2 is 2.15 bits per heavy atom. The molecule has 0 saturated heterocycles. The van der Waals surface area contributed by atoms with E-state index in [-0.39, 0.29) is 5.91 Å². The number of benzene rings is 1. The van der Waals surface area contributed by atoms with Gasteiger partial charge in [-0.3, -0.25) is 4.79 Å². The SMILES string of the molecule is CCCNCc1ccc(N(C)CCC(=O)NC)cc1Br. The zero-order valence-corrected chi connectivity index (χ0v) is 14.1. The Morgan fingerprint density at radius 1 is 1.40 bits per heavy atom. The molecule has 0 aliphatic carbocycles. The van der Waals surface area contributed by atoms with Crippen LogP contribution in [0, 0.1) is 0 Å². The fraction of sp³-hybridized carbons (Fsp3) is 0.533. The molecular formula is C15H24BrN3O. The molecule has 0 radical (unpaired) electrons. The minimum atomic E-state index is 0.0660. The van der Waals surface area contributed by atoms with E-state index in [0.717, 1.165) is 29.7 Å². The number of amides is 1. The summed E-state index contributed by atoms with van der Waals surface area (Å²) >= 11 is 3.62. The van der Waals surface area contributed by atoms with Crippen LogP contribution in [0.4, 0.5) is 5.69 Å². The van der Waals surface area contributed by atoms with Crippen molar-refractivity contribution in [3.05, 3.63) is 28.2 Å². The zero-order valence-electron chi connectivity index (χ0n) is 12.5. The summed E-state index contributed by atoms with van der Waals surface area (Å²) in [5.74, 6) is 0.0660. The second-order valence-electron chi connectivity index (χ2n) is 4.80. The normalized spacial score (nSPS) is 10.4. The number of anilines is 1. The topological polar surface area (TPSA) is 44.4 Å². The minimum Gasteiger partial charge on any atom is -0.374 e. The maximum Gasteiger partial charge on any atom is 0.221 e. The fourth-order valence-corrected chi connectivity index (χ4v) is 2.35. The van der Waals surface area contributed by atoms with Crippen LogP contribution in [0.3, 0.4) is 0 Å². The van der Waals surface area contributed by atoms with Crippen molar-refractivity contribution >= 4 is 27.5 Å². The molecule has 0 aliphatic heterocycles. The van der Waals surface area contributed by atoms with Crippen LogP contribution in [0.15, 0.2) is 22.7 Å². The summed E-state index contributed by atoms with van der Waals surface area (Å²) < 4.78 is 1.10. The van der Waals surface area contributed by atoms with E-state index in [2.05, 4.69) is 56.6 Å². The molecule has 0 fully saturated rings. The van der Waals surface area contributed by atoms with E-state index in [1.807, 2.05) is 7.05 Å². The van der Waals surface area contributed by atoms with Gasteiger partial charge in [-0.2, -0.15) is 0 Å². The largest absolute Gasteiger partial charge is 0.374 e. The van der Waals surface area contributed by atoms with Gasteiger partial charge >= 0.3 is 0 Å². The molecule has 0 saturated carbocycles. The highest BCUT2D eigenvalue weighted by Gasteiger charge is 2.07. The highest BCUT2D eigenvalue weighted by atomic mass is 79.9. The molecule has 5 heteroatoms. The number of halogens is 1. The van der Waals surface area contributed by atoms with Crippen molar-refractivity contribution in [1.29, 1.82) is 0 Å². The number of carbonyl (C=O) groups excluding carboxylic acids is 1. The Morgan fingerprint density at radius 3 is 2.75 bits per heavy atom. The first kappa shape index (κ1) is 17.0. The highest BCUT2D eigenvalue weighted by Crippen LogP contribution is 2.23. The van der Waals surface area contributed by atoms with E-state index < -0.39 is 0 Å². The summed E-state index contributed by atoms with van der Waals surface area (Å²) in [6, 6.07) is 6.32. The lowest BCUT2D eigenvalue weighted by atomic mass is 10.2. The van der Waals surface area contributed by atoms with Crippen LogP contribution in [0.2, 0.25) is 0 Å². The molecular weight excluding hydrogens is 318 g/mol. The molecule has 20 heavy (non-hydrogen) atoms. The number of hydrogen-bond acceptors (Lipinski definition) is 3. The van der Waals surface area contributed by atoms with Crippen molar-refractivity contribution in [3.8, 4) is 0 Å². The van der Waals surface area contributed by atoms with Crippen LogP contribution in [0.1, 0.15) is 25.3 Å². The Bertz CT molecular complexity index is 437. The van der Waals surface area contributed by atoms with E-state index in [9.17, 15) is 4.79 Å². The maximum absolute atomic E-state index is 11.3. The Kier molecular flexibility index (Phi) is 7.62. The highest BCUT2D eigenvalue weighted by molar-refractivity contribution is 9.10. The van der Waals surface area contributed by atoms with Crippen molar-refractivity contribution < 1.29 is 4.79 Å². The summed E-state index contributed by atoms with van der Waals surface area (Å²) in [7, 11) is 3.66. The number of rotatable bonds is 8. The lowest BCUT2D eigenvalue weighted by Crippen LogP contribution is -2.26. The molecule has 0 aliphatic rings. The number of hydrogen-bond donors (Lipinski definition) is 2. The van der Waals surface area contributed by atoms with Gasteiger partial charge < -0.3 is 15.5 Å². The quantitative estimate of drug-likeness (QED) is 0.714. The van der Waals surface area contributed by atoms with Gasteiger partial charge in [0, 0.05) is 43.8 Å².